The molecule has 3 rings (SSSR count). The molecule has 1 N–H and O–H groups in total. The van der Waals surface area contributed by atoms with E-state index in [4.69, 9.17) is 4.74 Å². The van der Waals surface area contributed by atoms with Gasteiger partial charge in [-0.2, -0.15) is 0 Å². The van der Waals surface area contributed by atoms with Crippen molar-refractivity contribution in [2.45, 2.75) is 30.6 Å². The highest BCUT2D eigenvalue weighted by molar-refractivity contribution is 7.92. The normalized spacial score (nSPS) is 15.0. The molecule has 0 aliphatic carbocycles. The lowest BCUT2D eigenvalue weighted by atomic mass is 10.1. The Labute approximate surface area is 164 Å². The summed E-state index contributed by atoms with van der Waals surface area (Å²) in [5, 5.41) is 0. The van der Waals surface area contributed by atoms with Crippen LogP contribution in [0.25, 0.3) is 0 Å². The predicted octanol–water partition coefficient (Wildman–Crippen LogP) is 3.65. The SMILES string of the molecule is COc1ccc(F)cc1S(=O)(=O)Nc1ccccc1C(=O)N1CCCCCC1. The van der Waals surface area contributed by atoms with Crippen LogP contribution in [0.15, 0.2) is 47.4 Å². The zero-order valence-electron chi connectivity index (χ0n) is 15.7. The molecule has 2 aromatic carbocycles. The van der Waals surface area contributed by atoms with Crippen LogP contribution in [0.5, 0.6) is 5.75 Å². The molecule has 1 saturated heterocycles. The number of amides is 1. The Morgan fingerprint density at radius 2 is 1.75 bits per heavy atom. The van der Waals surface area contributed by atoms with Crippen LogP contribution in [-0.4, -0.2) is 39.4 Å². The molecule has 1 aliphatic rings. The third kappa shape index (κ3) is 4.44. The van der Waals surface area contributed by atoms with Crippen molar-refractivity contribution in [2.24, 2.45) is 0 Å². The topological polar surface area (TPSA) is 75.7 Å². The second-order valence-electron chi connectivity index (χ2n) is 6.65. The molecule has 0 spiro atoms. The van der Waals surface area contributed by atoms with Crippen LogP contribution in [0.3, 0.4) is 0 Å². The van der Waals surface area contributed by atoms with Gasteiger partial charge in [0.25, 0.3) is 15.9 Å². The Hall–Kier alpha value is -2.61. The van der Waals surface area contributed by atoms with Gasteiger partial charge in [0.15, 0.2) is 0 Å². The second kappa shape index (κ2) is 8.60. The van der Waals surface area contributed by atoms with Crippen LogP contribution in [0, 0.1) is 5.82 Å². The Kier molecular flexibility index (Phi) is 6.18. The average Bonchev–Trinajstić information content (AvgIpc) is 2.97. The molecular weight excluding hydrogens is 383 g/mol. The van der Waals surface area contributed by atoms with E-state index < -0.39 is 15.8 Å². The number of carbonyl (C=O) groups excluding carboxylic acids is 1. The van der Waals surface area contributed by atoms with E-state index in [1.807, 2.05) is 0 Å². The number of sulfonamides is 1. The number of para-hydroxylation sites is 1. The Balaban J connectivity index is 1.93. The lowest BCUT2D eigenvalue weighted by Gasteiger charge is -2.22. The summed E-state index contributed by atoms with van der Waals surface area (Å²) in [6.45, 7) is 1.30. The Bertz CT molecular complexity index is 954. The van der Waals surface area contributed by atoms with Crippen LogP contribution in [0.4, 0.5) is 10.1 Å². The number of rotatable bonds is 5. The molecule has 8 heteroatoms. The van der Waals surface area contributed by atoms with E-state index in [9.17, 15) is 17.6 Å². The highest BCUT2D eigenvalue weighted by atomic mass is 32.2. The highest BCUT2D eigenvalue weighted by Crippen LogP contribution is 2.28. The summed E-state index contributed by atoms with van der Waals surface area (Å²) in [7, 11) is -2.85. The Morgan fingerprint density at radius 3 is 2.43 bits per heavy atom. The van der Waals surface area contributed by atoms with Gasteiger partial charge in [0.1, 0.15) is 16.5 Å². The van der Waals surface area contributed by atoms with Crippen LogP contribution < -0.4 is 9.46 Å². The third-order valence-electron chi connectivity index (χ3n) is 4.71. The molecule has 6 nitrogen and oxygen atoms in total. The van der Waals surface area contributed by atoms with Crippen LogP contribution in [0.1, 0.15) is 36.0 Å². The summed E-state index contributed by atoms with van der Waals surface area (Å²) in [4.78, 5) is 14.4. The number of nitrogens with zero attached hydrogens (tertiary/aromatic N) is 1. The first-order valence-corrected chi connectivity index (χ1v) is 10.7. The molecule has 1 amide bonds. The number of likely N-dealkylation sites (tertiary alicyclic amines) is 1. The number of halogens is 1. The molecule has 0 saturated carbocycles. The lowest BCUT2D eigenvalue weighted by Crippen LogP contribution is -2.32. The second-order valence-corrected chi connectivity index (χ2v) is 8.30. The van der Waals surface area contributed by atoms with E-state index in [-0.39, 0.29) is 27.8 Å². The summed E-state index contributed by atoms with van der Waals surface area (Å²) in [5.74, 6) is -0.897. The fourth-order valence-corrected chi connectivity index (χ4v) is 4.52. The number of nitrogens with one attached hydrogen (secondary N) is 1. The zero-order chi connectivity index (χ0) is 20.1. The third-order valence-corrected chi connectivity index (χ3v) is 6.10. The summed E-state index contributed by atoms with van der Waals surface area (Å²) in [5.41, 5.74) is 0.423. The summed E-state index contributed by atoms with van der Waals surface area (Å²) < 4.78 is 46.8. The first-order valence-electron chi connectivity index (χ1n) is 9.17. The highest BCUT2D eigenvalue weighted by Gasteiger charge is 2.25. The molecule has 0 unspecified atom stereocenters. The molecule has 150 valence electrons. The van der Waals surface area contributed by atoms with Gasteiger partial charge in [-0.1, -0.05) is 25.0 Å². The molecule has 28 heavy (non-hydrogen) atoms. The van der Waals surface area contributed by atoms with Crippen molar-refractivity contribution in [1.29, 1.82) is 0 Å². The van der Waals surface area contributed by atoms with Gasteiger partial charge in [0.05, 0.1) is 18.4 Å². The van der Waals surface area contributed by atoms with Gasteiger partial charge in [-0.05, 0) is 43.2 Å². The van der Waals surface area contributed by atoms with E-state index in [0.29, 0.717) is 13.1 Å². The smallest absolute Gasteiger partial charge is 0.265 e. The molecule has 0 aromatic heterocycles. The maximum Gasteiger partial charge on any atom is 0.265 e. The van der Waals surface area contributed by atoms with Crippen LogP contribution in [0.2, 0.25) is 0 Å². The molecule has 1 aliphatic heterocycles. The van der Waals surface area contributed by atoms with Gasteiger partial charge < -0.3 is 9.64 Å². The quantitative estimate of drug-likeness (QED) is 0.822. The molecule has 2 aromatic rings. The van der Waals surface area contributed by atoms with E-state index >= 15 is 0 Å². The number of anilines is 1. The van der Waals surface area contributed by atoms with Crippen molar-refractivity contribution in [3.63, 3.8) is 0 Å². The maximum atomic E-state index is 13.6. The van der Waals surface area contributed by atoms with Crippen molar-refractivity contribution < 1.29 is 22.3 Å². The monoisotopic (exact) mass is 406 g/mol. The summed E-state index contributed by atoms with van der Waals surface area (Å²) in [6.07, 6.45) is 4.02. The first kappa shape index (κ1) is 20.1. The molecule has 0 radical (unpaired) electrons. The van der Waals surface area contributed by atoms with E-state index in [1.54, 1.807) is 23.1 Å². The molecule has 1 heterocycles. The van der Waals surface area contributed by atoms with Gasteiger partial charge in [-0.15, -0.1) is 0 Å². The summed E-state index contributed by atoms with van der Waals surface area (Å²) >= 11 is 0. The first-order chi connectivity index (χ1) is 13.4. The Morgan fingerprint density at radius 1 is 1.07 bits per heavy atom. The molecular formula is C20H23FN2O4S. The number of carbonyl (C=O) groups is 1. The molecule has 0 bridgehead atoms. The largest absolute Gasteiger partial charge is 0.495 e. The van der Waals surface area contributed by atoms with Gasteiger partial charge in [-0.25, -0.2) is 12.8 Å². The zero-order valence-corrected chi connectivity index (χ0v) is 16.5. The van der Waals surface area contributed by atoms with Crippen molar-refractivity contribution in [1.82, 2.24) is 4.90 Å². The van der Waals surface area contributed by atoms with Crippen molar-refractivity contribution in [2.75, 3.05) is 24.9 Å². The van der Waals surface area contributed by atoms with Crippen LogP contribution >= 0.6 is 0 Å². The molecule has 1 fully saturated rings. The van der Waals surface area contributed by atoms with Gasteiger partial charge >= 0.3 is 0 Å². The number of benzene rings is 2. The van der Waals surface area contributed by atoms with E-state index in [1.165, 1.54) is 19.2 Å². The lowest BCUT2D eigenvalue weighted by molar-refractivity contribution is 0.0762. The van der Waals surface area contributed by atoms with Crippen molar-refractivity contribution in [3.8, 4) is 5.75 Å². The average molecular weight is 406 g/mol. The number of hydrogen-bond donors (Lipinski definition) is 1. The van der Waals surface area contributed by atoms with Gasteiger partial charge in [-0.3, -0.25) is 9.52 Å². The minimum Gasteiger partial charge on any atom is -0.495 e. The van der Waals surface area contributed by atoms with Crippen molar-refractivity contribution in [3.05, 3.63) is 53.8 Å². The standard InChI is InChI=1S/C20H23FN2O4S/c1-27-18-11-10-15(21)14-19(18)28(25,26)22-17-9-5-4-8-16(17)20(24)23-12-6-2-3-7-13-23/h4-5,8-11,14,22H,2-3,6-7,12-13H2,1H3. The molecule has 0 atom stereocenters. The van der Waals surface area contributed by atoms with Crippen LogP contribution in [-0.2, 0) is 10.0 Å². The van der Waals surface area contributed by atoms with Gasteiger partial charge in [0, 0.05) is 13.1 Å². The fraction of sp³-hybridized carbons (Fsp3) is 0.350. The number of hydrogen-bond acceptors (Lipinski definition) is 4. The number of methoxy groups -OCH3 is 1. The minimum atomic E-state index is -4.16. The van der Waals surface area contributed by atoms with Gasteiger partial charge in [0.2, 0.25) is 0 Å². The van der Waals surface area contributed by atoms with Crippen molar-refractivity contribution >= 4 is 21.6 Å². The predicted molar refractivity (Wildman–Crippen MR) is 105 cm³/mol. The number of ether oxygens (including phenoxy) is 1. The minimum absolute atomic E-state index is 0.0187. The fourth-order valence-electron chi connectivity index (χ4n) is 3.26. The van der Waals surface area contributed by atoms with E-state index in [0.717, 1.165) is 37.8 Å². The summed E-state index contributed by atoms with van der Waals surface area (Å²) in [6, 6.07) is 9.70. The maximum absolute atomic E-state index is 13.6. The van der Waals surface area contributed by atoms with E-state index in [2.05, 4.69) is 4.72 Å².